The number of carbonyl (C=O) groups excluding carboxylic acids is 2. The Kier molecular flexibility index (Phi) is 9.28. The Balaban J connectivity index is 1.38. The molecule has 1 aliphatic rings. The summed E-state index contributed by atoms with van der Waals surface area (Å²) in [6.45, 7) is 6.34. The molecule has 0 saturated carbocycles. The highest BCUT2D eigenvalue weighted by molar-refractivity contribution is 6.35. The number of nitrogens with zero attached hydrogens (tertiary/aromatic N) is 5. The second-order valence-corrected chi connectivity index (χ2v) is 12.8. The third kappa shape index (κ3) is 7.07. The predicted octanol–water partition coefficient (Wildman–Crippen LogP) is 6.96. The van der Waals surface area contributed by atoms with E-state index < -0.39 is 23.4 Å². The molecule has 0 bridgehead atoms. The van der Waals surface area contributed by atoms with Crippen molar-refractivity contribution in [3.05, 3.63) is 89.0 Å². The van der Waals surface area contributed by atoms with Gasteiger partial charge in [-0.15, -0.1) is 0 Å². The van der Waals surface area contributed by atoms with Crippen molar-refractivity contribution >= 4 is 46.1 Å². The summed E-state index contributed by atoms with van der Waals surface area (Å²) in [5, 5.41) is 11.7. The van der Waals surface area contributed by atoms with Gasteiger partial charge < -0.3 is 29.7 Å². The number of methoxy groups -OCH3 is 2. The third-order valence-corrected chi connectivity index (χ3v) is 8.15. The molecule has 0 aliphatic carbocycles. The lowest BCUT2D eigenvalue weighted by Gasteiger charge is -2.40. The van der Waals surface area contributed by atoms with Crippen LogP contribution in [0.2, 0.25) is 5.02 Å². The highest BCUT2D eigenvalue weighted by Gasteiger charge is 2.37. The number of anilines is 2. The van der Waals surface area contributed by atoms with Crippen molar-refractivity contribution in [3.8, 4) is 22.8 Å². The van der Waals surface area contributed by atoms with Gasteiger partial charge in [-0.3, -0.25) is 9.48 Å². The number of amides is 2. The van der Waals surface area contributed by atoms with Crippen molar-refractivity contribution in [2.75, 3.05) is 37.9 Å². The summed E-state index contributed by atoms with van der Waals surface area (Å²) >= 11 is 6.79. The van der Waals surface area contributed by atoms with Crippen molar-refractivity contribution in [2.45, 2.75) is 39.0 Å². The Morgan fingerprint density at radius 2 is 1.84 bits per heavy atom. The van der Waals surface area contributed by atoms with Crippen LogP contribution in [0.5, 0.6) is 11.5 Å². The molecule has 1 saturated heterocycles. The summed E-state index contributed by atoms with van der Waals surface area (Å²) in [6.07, 6.45) is 2.62. The minimum Gasteiger partial charge on any atom is -0.497 e. The largest absolute Gasteiger partial charge is 0.497 e. The van der Waals surface area contributed by atoms with Crippen LogP contribution in [0.25, 0.3) is 22.2 Å². The molecule has 0 unspecified atom stereocenters. The Morgan fingerprint density at radius 3 is 2.51 bits per heavy atom. The average molecular weight is 688 g/mol. The fourth-order valence-electron chi connectivity index (χ4n) is 5.46. The van der Waals surface area contributed by atoms with E-state index in [1.807, 2.05) is 12.1 Å². The number of likely N-dealkylation sites (tertiary alicyclic amines) is 1. The highest BCUT2D eigenvalue weighted by atomic mass is 35.5. The van der Waals surface area contributed by atoms with Crippen molar-refractivity contribution in [2.24, 2.45) is 0 Å². The van der Waals surface area contributed by atoms with Gasteiger partial charge in [-0.05, 0) is 63.2 Å². The van der Waals surface area contributed by atoms with Gasteiger partial charge in [0.05, 0.1) is 42.4 Å². The maximum atomic E-state index is 16.0. The van der Waals surface area contributed by atoms with Gasteiger partial charge in [0.2, 0.25) is 0 Å². The van der Waals surface area contributed by atoms with Crippen LogP contribution in [0.3, 0.4) is 0 Å². The van der Waals surface area contributed by atoms with Crippen molar-refractivity contribution in [3.63, 3.8) is 0 Å². The molecular weight excluding hydrogens is 653 g/mol. The maximum Gasteiger partial charge on any atom is 0.410 e. The lowest BCUT2D eigenvalue weighted by molar-refractivity contribution is 0.000184. The zero-order valence-electron chi connectivity index (χ0n) is 27.6. The molecule has 6 rings (SSSR count). The topological polar surface area (TPSA) is 133 Å². The molecule has 2 N–H and O–H groups in total. The van der Waals surface area contributed by atoms with Gasteiger partial charge >= 0.3 is 6.09 Å². The van der Waals surface area contributed by atoms with Gasteiger partial charge in [0.15, 0.2) is 0 Å². The first kappa shape index (κ1) is 33.5. The highest BCUT2D eigenvalue weighted by Crippen LogP contribution is 2.40. The first-order valence-corrected chi connectivity index (χ1v) is 15.8. The number of hydrogen-bond donors (Lipinski definition) is 2. The second-order valence-electron chi connectivity index (χ2n) is 12.4. The predicted molar refractivity (Wildman–Crippen MR) is 184 cm³/mol. The molecule has 254 valence electrons. The van der Waals surface area contributed by atoms with Gasteiger partial charge in [-0.2, -0.15) is 5.10 Å². The Hall–Kier alpha value is -5.43. The number of rotatable bonds is 9. The van der Waals surface area contributed by atoms with E-state index in [4.69, 9.17) is 30.9 Å². The average Bonchev–Trinajstić information content (AvgIpc) is 3.44. The monoisotopic (exact) mass is 687 g/mol. The molecule has 4 heterocycles. The number of pyridine rings is 2. The van der Waals surface area contributed by atoms with Crippen LogP contribution in [0.4, 0.5) is 20.8 Å². The van der Waals surface area contributed by atoms with Crippen molar-refractivity contribution < 1.29 is 28.2 Å². The number of carbonyl (C=O) groups is 2. The molecule has 2 amide bonds. The summed E-state index contributed by atoms with van der Waals surface area (Å²) in [6, 6.07) is 14.5. The molecule has 2 aromatic carbocycles. The Labute approximate surface area is 287 Å². The lowest BCUT2D eigenvalue weighted by atomic mass is 10.0. The number of aromatic nitrogens is 4. The second kappa shape index (κ2) is 13.6. The van der Waals surface area contributed by atoms with Gasteiger partial charge in [-0.1, -0.05) is 17.7 Å². The van der Waals surface area contributed by atoms with Crippen LogP contribution in [0.15, 0.2) is 67.0 Å². The summed E-state index contributed by atoms with van der Waals surface area (Å²) in [5.41, 5.74) is 1.19. The normalized spacial score (nSPS) is 13.2. The number of fused-ring (bicyclic) bond motifs is 1. The fourth-order valence-corrected chi connectivity index (χ4v) is 5.69. The van der Waals surface area contributed by atoms with Gasteiger partial charge in [0, 0.05) is 48.6 Å². The number of hydrogen-bond acceptors (Lipinski definition) is 9. The molecule has 1 fully saturated rings. The van der Waals surface area contributed by atoms with Gasteiger partial charge in [-0.25, -0.2) is 19.2 Å². The first-order chi connectivity index (χ1) is 23.5. The lowest BCUT2D eigenvalue weighted by Crippen LogP contribution is -2.52. The molecule has 1 aliphatic heterocycles. The molecule has 3 aromatic heterocycles. The molecule has 49 heavy (non-hydrogen) atoms. The Bertz CT molecular complexity index is 2030. The number of benzene rings is 2. The summed E-state index contributed by atoms with van der Waals surface area (Å²) < 4.78 is 34.2. The smallest absolute Gasteiger partial charge is 0.410 e. The minimum absolute atomic E-state index is 0.101. The van der Waals surface area contributed by atoms with Crippen LogP contribution in [0.1, 0.15) is 42.7 Å². The molecule has 0 radical (unpaired) electrons. The van der Waals surface area contributed by atoms with E-state index in [2.05, 4.69) is 20.6 Å². The molecule has 5 aromatic rings. The molecule has 12 nitrogen and oxygen atoms in total. The van der Waals surface area contributed by atoms with E-state index in [0.29, 0.717) is 58.7 Å². The van der Waals surface area contributed by atoms with Crippen LogP contribution in [-0.4, -0.2) is 69.6 Å². The van der Waals surface area contributed by atoms with Gasteiger partial charge in [0.25, 0.3) is 5.91 Å². The number of ether oxygens (including phenoxy) is 3. The van der Waals surface area contributed by atoms with Crippen LogP contribution >= 0.6 is 11.6 Å². The summed E-state index contributed by atoms with van der Waals surface area (Å²) in [5.74, 6) is 0.800. The first-order valence-electron chi connectivity index (χ1n) is 15.5. The van der Waals surface area contributed by atoms with Gasteiger partial charge in [0.1, 0.15) is 40.2 Å². The van der Waals surface area contributed by atoms with Crippen LogP contribution in [-0.2, 0) is 11.3 Å². The van der Waals surface area contributed by atoms with E-state index >= 15 is 4.39 Å². The summed E-state index contributed by atoms with van der Waals surface area (Å²) in [7, 11) is 3.15. The van der Waals surface area contributed by atoms with Crippen LogP contribution < -0.4 is 20.1 Å². The fraction of sp³-hybridized carbons (Fsp3) is 0.286. The van der Waals surface area contributed by atoms with E-state index in [9.17, 15) is 9.59 Å². The zero-order valence-corrected chi connectivity index (χ0v) is 28.3. The molecular formula is C35H35ClFN7O5. The van der Waals surface area contributed by atoms with E-state index in [1.165, 1.54) is 18.3 Å². The third-order valence-electron chi connectivity index (χ3n) is 7.87. The quantitative estimate of drug-likeness (QED) is 0.169. The minimum atomic E-state index is -0.674. The van der Waals surface area contributed by atoms with E-state index in [0.717, 1.165) is 11.6 Å². The molecule has 0 spiro atoms. The standard InChI is InChI=1S/C35H35ClFN7O5/c1-35(2,3)49-34(46)43-18-22(19-43)44-31-25(36)17-40-32(39-16-21-9-11-23(47-4)15-27(21)48-5)29(31)30(42-44)24-12-10-20(14-26(24)37)33(45)41-28-8-6-7-13-38-28/h6-15,17,22H,16,18-19H2,1-5H3,(H,39,40)(H,38,41,45). The van der Waals surface area contributed by atoms with Crippen LogP contribution in [0, 0.1) is 5.82 Å². The van der Waals surface area contributed by atoms with E-state index in [1.54, 1.807) is 75.0 Å². The van der Waals surface area contributed by atoms with Crippen molar-refractivity contribution in [1.29, 1.82) is 0 Å². The zero-order chi connectivity index (χ0) is 34.9. The van der Waals surface area contributed by atoms with E-state index in [-0.39, 0.29) is 22.9 Å². The molecule has 0 atom stereocenters. The maximum absolute atomic E-state index is 16.0. The van der Waals surface area contributed by atoms with Crippen molar-refractivity contribution in [1.82, 2.24) is 24.6 Å². The molecule has 14 heteroatoms. The number of halogens is 2. The summed E-state index contributed by atoms with van der Waals surface area (Å²) in [4.78, 5) is 35.9. The number of nitrogens with one attached hydrogen (secondary N) is 2. The SMILES string of the molecule is COc1ccc(CNc2ncc(Cl)c3c2c(-c2ccc(C(=O)Nc4ccccn4)cc2F)nn3C2CN(C(=O)OC(C)(C)C)C2)c(OC)c1. The Morgan fingerprint density at radius 1 is 1.04 bits per heavy atom.